The van der Waals surface area contributed by atoms with E-state index < -0.39 is 5.97 Å². The highest BCUT2D eigenvalue weighted by molar-refractivity contribution is 8.04. The summed E-state index contributed by atoms with van der Waals surface area (Å²) in [6, 6.07) is 3.83. The monoisotopic (exact) mass is 283 g/mol. The Morgan fingerprint density at radius 2 is 2.33 bits per heavy atom. The van der Waals surface area contributed by atoms with Gasteiger partial charge < -0.3 is 5.11 Å². The first-order valence-electron chi connectivity index (χ1n) is 5.55. The summed E-state index contributed by atoms with van der Waals surface area (Å²) in [7, 11) is 0. The van der Waals surface area contributed by atoms with Crippen molar-refractivity contribution < 1.29 is 14.7 Å². The van der Waals surface area contributed by atoms with Crippen molar-refractivity contribution in [2.75, 3.05) is 12.3 Å². The Bertz CT molecular complexity index is 493. The van der Waals surface area contributed by atoms with E-state index in [4.69, 9.17) is 5.11 Å². The van der Waals surface area contributed by atoms with Gasteiger partial charge in [-0.3, -0.25) is 14.5 Å². The van der Waals surface area contributed by atoms with Gasteiger partial charge in [-0.15, -0.1) is 23.1 Å². The third kappa shape index (κ3) is 2.59. The molecular weight excluding hydrogens is 270 g/mol. The summed E-state index contributed by atoms with van der Waals surface area (Å²) in [5.41, 5.74) is 0.774. The second kappa shape index (κ2) is 5.58. The number of hydrogen-bond donors (Lipinski definition) is 1. The van der Waals surface area contributed by atoms with Gasteiger partial charge in [0.15, 0.2) is 0 Å². The van der Waals surface area contributed by atoms with Gasteiger partial charge in [0.05, 0.1) is 16.3 Å². The van der Waals surface area contributed by atoms with Gasteiger partial charge in [-0.25, -0.2) is 0 Å². The number of carbonyl (C=O) groups is 2. The Hall–Kier alpha value is -1.27. The molecule has 0 bridgehead atoms. The number of amides is 1. The molecule has 1 aliphatic rings. The Balaban J connectivity index is 2.45. The van der Waals surface area contributed by atoms with Crippen molar-refractivity contribution in [3.8, 4) is 0 Å². The Kier molecular flexibility index (Phi) is 4.08. The van der Waals surface area contributed by atoms with Crippen LogP contribution in [-0.2, 0) is 9.59 Å². The minimum absolute atomic E-state index is 0.136. The topological polar surface area (TPSA) is 57.6 Å². The smallest absolute Gasteiger partial charge is 0.323 e. The van der Waals surface area contributed by atoms with Crippen molar-refractivity contribution in [2.45, 2.75) is 13.3 Å². The average Bonchev–Trinajstić information content (AvgIpc) is 2.84. The SMILES string of the molecule is CCC1=C(c2cccs2)N(CC(=O)O)C(=O)CS1. The van der Waals surface area contributed by atoms with Gasteiger partial charge >= 0.3 is 5.97 Å². The molecule has 0 spiro atoms. The van der Waals surface area contributed by atoms with Crippen molar-refractivity contribution in [2.24, 2.45) is 0 Å². The Labute approximate surface area is 113 Å². The molecule has 0 atom stereocenters. The van der Waals surface area contributed by atoms with Crippen molar-refractivity contribution in [3.05, 3.63) is 27.3 Å². The fourth-order valence-electron chi connectivity index (χ4n) is 1.83. The highest BCUT2D eigenvalue weighted by atomic mass is 32.2. The standard InChI is InChI=1S/C12H13NO3S2/c1-2-8-12(9-4-3-5-17-9)13(6-11(15)16)10(14)7-18-8/h3-5H,2,6-7H2,1H3,(H,15,16). The summed E-state index contributed by atoms with van der Waals surface area (Å²) in [5.74, 6) is -0.798. The van der Waals surface area contributed by atoms with Gasteiger partial charge in [-0.1, -0.05) is 13.0 Å². The quantitative estimate of drug-likeness (QED) is 0.922. The Morgan fingerprint density at radius 1 is 1.56 bits per heavy atom. The van der Waals surface area contributed by atoms with Crippen LogP contribution in [0, 0.1) is 0 Å². The molecule has 2 rings (SSSR count). The van der Waals surface area contributed by atoms with Crippen LogP contribution in [-0.4, -0.2) is 34.2 Å². The van der Waals surface area contributed by atoms with E-state index in [1.165, 1.54) is 28.0 Å². The number of carboxylic acid groups (broad SMARTS) is 1. The van der Waals surface area contributed by atoms with Crippen LogP contribution < -0.4 is 0 Å². The van der Waals surface area contributed by atoms with E-state index in [9.17, 15) is 9.59 Å². The molecule has 96 valence electrons. The van der Waals surface area contributed by atoms with Crippen LogP contribution in [0.4, 0.5) is 0 Å². The van der Waals surface area contributed by atoms with Crippen LogP contribution in [0.5, 0.6) is 0 Å². The van der Waals surface area contributed by atoms with Crippen molar-refractivity contribution in [3.63, 3.8) is 0 Å². The minimum atomic E-state index is -0.986. The molecule has 0 unspecified atom stereocenters. The molecule has 4 nitrogen and oxygen atoms in total. The molecular formula is C12H13NO3S2. The number of rotatable bonds is 4. The first-order valence-corrected chi connectivity index (χ1v) is 7.42. The fraction of sp³-hybridized carbons (Fsp3) is 0.333. The van der Waals surface area contributed by atoms with Crippen LogP contribution in [0.25, 0.3) is 5.70 Å². The lowest BCUT2D eigenvalue weighted by atomic mass is 10.2. The Morgan fingerprint density at radius 3 is 2.89 bits per heavy atom. The lowest BCUT2D eigenvalue weighted by Crippen LogP contribution is -2.38. The molecule has 1 aromatic heterocycles. The number of thiophene rings is 1. The molecule has 0 saturated carbocycles. The van der Waals surface area contributed by atoms with E-state index in [0.717, 1.165) is 21.9 Å². The number of hydrogen-bond acceptors (Lipinski definition) is 4. The second-order valence-corrected chi connectivity index (χ2v) is 5.78. The lowest BCUT2D eigenvalue weighted by Gasteiger charge is -2.29. The molecule has 2 heterocycles. The summed E-state index contributed by atoms with van der Waals surface area (Å²) < 4.78 is 0. The zero-order valence-electron chi connectivity index (χ0n) is 9.88. The zero-order valence-corrected chi connectivity index (χ0v) is 11.5. The van der Waals surface area contributed by atoms with Crippen LogP contribution in [0.2, 0.25) is 0 Å². The molecule has 0 aliphatic carbocycles. The number of allylic oxidation sites excluding steroid dienone is 1. The first-order chi connectivity index (χ1) is 8.63. The van der Waals surface area contributed by atoms with E-state index >= 15 is 0 Å². The number of carbonyl (C=O) groups excluding carboxylic acids is 1. The average molecular weight is 283 g/mol. The third-order valence-corrected chi connectivity index (χ3v) is 4.67. The van der Waals surface area contributed by atoms with Crippen LogP contribution >= 0.6 is 23.1 Å². The summed E-state index contributed by atoms with van der Waals surface area (Å²) in [4.78, 5) is 26.2. The normalized spacial score (nSPS) is 16.3. The van der Waals surface area contributed by atoms with Gasteiger partial charge in [0.25, 0.3) is 0 Å². The first kappa shape index (κ1) is 13.2. The molecule has 1 aliphatic heterocycles. The summed E-state index contributed by atoms with van der Waals surface area (Å²) in [6.45, 7) is 1.75. The van der Waals surface area contributed by atoms with E-state index in [-0.39, 0.29) is 12.5 Å². The molecule has 1 aromatic rings. The molecule has 6 heteroatoms. The maximum atomic E-state index is 11.9. The van der Waals surface area contributed by atoms with E-state index in [1.54, 1.807) is 0 Å². The van der Waals surface area contributed by atoms with Crippen molar-refractivity contribution >= 4 is 40.7 Å². The predicted molar refractivity (Wildman–Crippen MR) is 73.3 cm³/mol. The van der Waals surface area contributed by atoms with Crippen molar-refractivity contribution in [1.82, 2.24) is 4.90 Å². The maximum absolute atomic E-state index is 11.9. The highest BCUT2D eigenvalue weighted by Crippen LogP contribution is 2.38. The molecule has 1 N–H and O–H groups in total. The largest absolute Gasteiger partial charge is 0.480 e. The fourth-order valence-corrected chi connectivity index (χ4v) is 3.71. The zero-order chi connectivity index (χ0) is 13.1. The molecule has 0 fully saturated rings. The summed E-state index contributed by atoms with van der Waals surface area (Å²) in [6.07, 6.45) is 0.807. The minimum Gasteiger partial charge on any atom is -0.480 e. The van der Waals surface area contributed by atoms with Crippen LogP contribution in [0.3, 0.4) is 0 Å². The molecule has 18 heavy (non-hydrogen) atoms. The van der Waals surface area contributed by atoms with Crippen molar-refractivity contribution in [1.29, 1.82) is 0 Å². The van der Waals surface area contributed by atoms with Gasteiger partial charge in [0.2, 0.25) is 5.91 Å². The van der Waals surface area contributed by atoms with E-state index in [1.807, 2.05) is 24.4 Å². The van der Waals surface area contributed by atoms with Gasteiger partial charge in [0, 0.05) is 4.91 Å². The van der Waals surface area contributed by atoms with Gasteiger partial charge in [-0.2, -0.15) is 0 Å². The maximum Gasteiger partial charge on any atom is 0.323 e. The molecule has 0 aromatic carbocycles. The predicted octanol–water partition coefficient (Wildman–Crippen LogP) is 2.49. The second-order valence-electron chi connectivity index (χ2n) is 3.76. The number of aliphatic carboxylic acids is 1. The van der Waals surface area contributed by atoms with E-state index in [0.29, 0.717) is 5.75 Å². The van der Waals surface area contributed by atoms with Gasteiger partial charge in [-0.05, 0) is 17.9 Å². The van der Waals surface area contributed by atoms with Gasteiger partial charge in [0.1, 0.15) is 6.54 Å². The third-order valence-electron chi connectivity index (χ3n) is 2.57. The summed E-state index contributed by atoms with van der Waals surface area (Å²) >= 11 is 3.03. The molecule has 0 saturated heterocycles. The number of nitrogens with zero attached hydrogens (tertiary/aromatic N) is 1. The number of thioether (sulfide) groups is 1. The van der Waals surface area contributed by atoms with E-state index in [2.05, 4.69) is 0 Å². The number of carboxylic acids is 1. The van der Waals surface area contributed by atoms with Crippen LogP contribution in [0.15, 0.2) is 22.4 Å². The highest BCUT2D eigenvalue weighted by Gasteiger charge is 2.29. The van der Waals surface area contributed by atoms with Crippen LogP contribution in [0.1, 0.15) is 18.2 Å². The lowest BCUT2D eigenvalue weighted by molar-refractivity contribution is -0.141. The summed E-state index contributed by atoms with van der Waals surface area (Å²) in [5, 5.41) is 10.9. The molecule has 1 amide bonds. The molecule has 0 radical (unpaired) electrons.